The molecule has 0 bridgehead atoms. The molecule has 2 heterocycles. The number of methoxy groups -OCH3 is 2. The summed E-state index contributed by atoms with van der Waals surface area (Å²) < 4.78 is 10.5. The van der Waals surface area contributed by atoms with Crippen LogP contribution in [0.25, 0.3) is 0 Å². The van der Waals surface area contributed by atoms with E-state index >= 15 is 0 Å². The zero-order valence-electron chi connectivity index (χ0n) is 15.9. The minimum atomic E-state index is -0.234. The van der Waals surface area contributed by atoms with E-state index in [1.54, 1.807) is 26.5 Å². The minimum Gasteiger partial charge on any atom is -0.493 e. The molecule has 1 aromatic carbocycles. The molecule has 27 heavy (non-hydrogen) atoms. The molecule has 2 aromatic rings. The summed E-state index contributed by atoms with van der Waals surface area (Å²) in [5, 5.41) is 2.89. The van der Waals surface area contributed by atoms with Crippen LogP contribution >= 0.6 is 0 Å². The van der Waals surface area contributed by atoms with Crippen molar-refractivity contribution < 1.29 is 14.3 Å². The number of rotatable bonds is 6. The number of piperazine rings is 1. The molecule has 0 saturated carbocycles. The van der Waals surface area contributed by atoms with Crippen molar-refractivity contribution >= 4 is 11.9 Å². The summed E-state index contributed by atoms with van der Waals surface area (Å²) in [5.41, 5.74) is 1.27. The predicted octanol–water partition coefficient (Wildman–Crippen LogP) is 1.18. The van der Waals surface area contributed by atoms with Gasteiger partial charge in [-0.2, -0.15) is 0 Å². The van der Waals surface area contributed by atoms with E-state index in [1.807, 2.05) is 18.2 Å². The monoisotopic (exact) mass is 371 g/mol. The topological polar surface area (TPSA) is 79.8 Å². The normalized spacial score (nSPS) is 14.7. The van der Waals surface area contributed by atoms with Gasteiger partial charge >= 0.3 is 0 Å². The third-order valence-electron chi connectivity index (χ3n) is 4.56. The smallest absolute Gasteiger partial charge is 0.270 e. The van der Waals surface area contributed by atoms with Gasteiger partial charge in [0.2, 0.25) is 5.95 Å². The van der Waals surface area contributed by atoms with Crippen LogP contribution in [0.5, 0.6) is 11.5 Å². The maximum atomic E-state index is 12.5. The van der Waals surface area contributed by atoms with Gasteiger partial charge in [-0.1, -0.05) is 6.07 Å². The highest BCUT2D eigenvalue weighted by molar-refractivity contribution is 5.92. The number of likely N-dealkylation sites (N-methyl/N-ethyl adjacent to an activating group) is 1. The fourth-order valence-corrected chi connectivity index (χ4v) is 2.90. The van der Waals surface area contributed by atoms with Crippen molar-refractivity contribution in [2.75, 3.05) is 52.3 Å². The molecule has 8 heteroatoms. The van der Waals surface area contributed by atoms with Crippen LogP contribution in [-0.2, 0) is 6.54 Å². The predicted molar refractivity (Wildman–Crippen MR) is 102 cm³/mol. The van der Waals surface area contributed by atoms with Gasteiger partial charge in [0.25, 0.3) is 5.91 Å². The van der Waals surface area contributed by atoms with Crippen molar-refractivity contribution in [2.45, 2.75) is 6.54 Å². The van der Waals surface area contributed by atoms with E-state index in [4.69, 9.17) is 9.47 Å². The van der Waals surface area contributed by atoms with Gasteiger partial charge in [0.1, 0.15) is 5.69 Å². The number of hydrogen-bond donors (Lipinski definition) is 1. The number of ether oxygens (including phenoxy) is 2. The average Bonchev–Trinajstić information content (AvgIpc) is 2.72. The number of benzene rings is 1. The number of carbonyl (C=O) groups is 1. The van der Waals surface area contributed by atoms with Crippen LogP contribution in [0.3, 0.4) is 0 Å². The third kappa shape index (κ3) is 4.65. The van der Waals surface area contributed by atoms with Gasteiger partial charge < -0.3 is 24.6 Å². The largest absolute Gasteiger partial charge is 0.493 e. The van der Waals surface area contributed by atoms with E-state index in [0.717, 1.165) is 31.7 Å². The lowest BCUT2D eigenvalue weighted by atomic mass is 10.2. The van der Waals surface area contributed by atoms with E-state index in [0.29, 0.717) is 29.7 Å². The van der Waals surface area contributed by atoms with Crippen molar-refractivity contribution in [3.63, 3.8) is 0 Å². The lowest BCUT2D eigenvalue weighted by Gasteiger charge is -2.32. The Bertz CT molecular complexity index is 791. The van der Waals surface area contributed by atoms with Crippen molar-refractivity contribution in [3.8, 4) is 11.5 Å². The highest BCUT2D eigenvalue weighted by atomic mass is 16.5. The second-order valence-electron chi connectivity index (χ2n) is 6.40. The van der Waals surface area contributed by atoms with E-state index in [-0.39, 0.29) is 5.91 Å². The number of carbonyl (C=O) groups excluding carboxylic acids is 1. The minimum absolute atomic E-state index is 0.234. The van der Waals surface area contributed by atoms with Crippen molar-refractivity contribution in [2.24, 2.45) is 0 Å². The number of aromatic nitrogens is 2. The van der Waals surface area contributed by atoms with Crippen LogP contribution in [0, 0.1) is 0 Å². The zero-order chi connectivity index (χ0) is 19.2. The number of amides is 1. The highest BCUT2D eigenvalue weighted by Gasteiger charge is 2.18. The highest BCUT2D eigenvalue weighted by Crippen LogP contribution is 2.27. The van der Waals surface area contributed by atoms with E-state index < -0.39 is 0 Å². The Morgan fingerprint density at radius 2 is 1.85 bits per heavy atom. The van der Waals surface area contributed by atoms with Gasteiger partial charge in [0.05, 0.1) is 14.2 Å². The first kappa shape index (κ1) is 18.9. The Labute approximate surface area is 159 Å². The Balaban J connectivity index is 1.64. The van der Waals surface area contributed by atoms with Gasteiger partial charge in [0, 0.05) is 38.9 Å². The standard InChI is InChI=1S/C19H25N5O3/c1-23-8-10-24(11-9-23)19-20-7-6-15(22-19)18(25)21-13-14-4-5-16(26-2)17(12-14)27-3/h4-7,12H,8-11,13H2,1-3H3,(H,21,25). The molecule has 1 fully saturated rings. The maximum absolute atomic E-state index is 12.5. The summed E-state index contributed by atoms with van der Waals surface area (Å²) in [6.07, 6.45) is 1.63. The molecule has 1 amide bonds. The van der Waals surface area contributed by atoms with Crippen LogP contribution in [0.1, 0.15) is 16.1 Å². The van der Waals surface area contributed by atoms with Gasteiger partial charge in [-0.05, 0) is 30.8 Å². The molecule has 144 valence electrons. The summed E-state index contributed by atoms with van der Waals surface area (Å²) in [7, 11) is 5.27. The fraction of sp³-hybridized carbons (Fsp3) is 0.421. The third-order valence-corrected chi connectivity index (χ3v) is 4.56. The van der Waals surface area contributed by atoms with Crippen LogP contribution < -0.4 is 19.7 Å². The van der Waals surface area contributed by atoms with Gasteiger partial charge in [-0.3, -0.25) is 4.79 Å². The lowest BCUT2D eigenvalue weighted by Crippen LogP contribution is -2.45. The molecule has 8 nitrogen and oxygen atoms in total. The van der Waals surface area contributed by atoms with E-state index in [2.05, 4.69) is 32.1 Å². The van der Waals surface area contributed by atoms with E-state index in [1.165, 1.54) is 0 Å². The zero-order valence-corrected chi connectivity index (χ0v) is 15.9. The fourth-order valence-electron chi connectivity index (χ4n) is 2.90. The molecular weight excluding hydrogens is 346 g/mol. The first-order valence-electron chi connectivity index (χ1n) is 8.86. The summed E-state index contributed by atoms with van der Waals surface area (Å²) in [5.74, 6) is 1.65. The van der Waals surface area contributed by atoms with Gasteiger partial charge in [-0.25, -0.2) is 9.97 Å². The quantitative estimate of drug-likeness (QED) is 0.817. The number of hydrogen-bond acceptors (Lipinski definition) is 7. The number of nitrogens with zero attached hydrogens (tertiary/aromatic N) is 4. The number of nitrogens with one attached hydrogen (secondary N) is 1. The van der Waals surface area contributed by atoms with Gasteiger partial charge in [0.15, 0.2) is 11.5 Å². The molecule has 1 aliphatic rings. The second-order valence-corrected chi connectivity index (χ2v) is 6.40. The van der Waals surface area contributed by atoms with Crippen molar-refractivity contribution in [1.82, 2.24) is 20.2 Å². The van der Waals surface area contributed by atoms with E-state index in [9.17, 15) is 4.79 Å². The summed E-state index contributed by atoms with van der Waals surface area (Å²) >= 11 is 0. The molecule has 0 radical (unpaired) electrons. The Morgan fingerprint density at radius 3 is 2.56 bits per heavy atom. The lowest BCUT2D eigenvalue weighted by molar-refractivity contribution is 0.0945. The molecule has 0 atom stereocenters. The summed E-state index contributed by atoms with van der Waals surface area (Å²) in [6, 6.07) is 7.17. The molecule has 1 saturated heterocycles. The Kier molecular flexibility index (Phi) is 6.08. The van der Waals surface area contributed by atoms with Crippen molar-refractivity contribution in [1.29, 1.82) is 0 Å². The van der Waals surface area contributed by atoms with Crippen LogP contribution in [0.4, 0.5) is 5.95 Å². The second kappa shape index (κ2) is 8.68. The van der Waals surface area contributed by atoms with Crippen LogP contribution in [-0.4, -0.2) is 68.2 Å². The summed E-state index contributed by atoms with van der Waals surface area (Å²) in [6.45, 7) is 3.99. The first-order valence-corrected chi connectivity index (χ1v) is 8.86. The van der Waals surface area contributed by atoms with Gasteiger partial charge in [-0.15, -0.1) is 0 Å². The molecule has 1 aliphatic heterocycles. The molecule has 1 N–H and O–H groups in total. The molecule has 1 aromatic heterocycles. The van der Waals surface area contributed by atoms with Crippen LogP contribution in [0.2, 0.25) is 0 Å². The number of anilines is 1. The first-order chi connectivity index (χ1) is 13.1. The summed E-state index contributed by atoms with van der Waals surface area (Å²) in [4.78, 5) is 25.6. The SMILES string of the molecule is COc1ccc(CNC(=O)c2ccnc(N3CCN(C)CC3)n2)cc1OC. The molecular formula is C19H25N5O3. The molecule has 0 unspecified atom stereocenters. The average molecular weight is 371 g/mol. The Morgan fingerprint density at radius 1 is 1.11 bits per heavy atom. The molecule has 0 spiro atoms. The Hall–Kier alpha value is -2.87. The van der Waals surface area contributed by atoms with Crippen molar-refractivity contribution in [3.05, 3.63) is 41.7 Å². The van der Waals surface area contributed by atoms with Crippen LogP contribution in [0.15, 0.2) is 30.5 Å². The molecule has 0 aliphatic carbocycles. The molecule has 3 rings (SSSR count). The maximum Gasteiger partial charge on any atom is 0.270 e.